The van der Waals surface area contributed by atoms with Crippen molar-refractivity contribution in [2.24, 2.45) is 5.41 Å². The number of nitrogens with zero attached hydrogens (tertiary/aromatic N) is 1. The van der Waals surface area contributed by atoms with Crippen molar-refractivity contribution in [3.8, 4) is 22.8 Å². The van der Waals surface area contributed by atoms with Gasteiger partial charge in [0, 0.05) is 30.7 Å². The number of hydrogen-bond acceptors (Lipinski definition) is 5. The molecule has 1 unspecified atom stereocenters. The van der Waals surface area contributed by atoms with E-state index in [-0.39, 0.29) is 17.0 Å². The molecule has 0 spiro atoms. The fraction of sp³-hybridized carbons (Fsp3) is 0.393. The minimum atomic E-state index is -2.60. The summed E-state index contributed by atoms with van der Waals surface area (Å²) in [5, 5.41) is 9.90. The fourth-order valence-corrected chi connectivity index (χ4v) is 5.29. The summed E-state index contributed by atoms with van der Waals surface area (Å²) in [6, 6.07) is 13.7. The van der Waals surface area contributed by atoms with Gasteiger partial charge in [0.25, 0.3) is 0 Å². The Morgan fingerprint density at radius 3 is 2.51 bits per heavy atom. The van der Waals surface area contributed by atoms with E-state index < -0.39 is 7.37 Å². The molecule has 0 saturated carbocycles. The van der Waals surface area contributed by atoms with Crippen LogP contribution in [0.25, 0.3) is 11.1 Å². The highest BCUT2D eigenvalue weighted by Crippen LogP contribution is 2.42. The zero-order valence-electron chi connectivity index (χ0n) is 21.2. The molecule has 0 aliphatic carbocycles. The summed E-state index contributed by atoms with van der Waals surface area (Å²) in [5.41, 5.74) is 4.04. The molecular formula is C28H35FNO4P. The monoisotopic (exact) mass is 499 g/mol. The molecule has 1 atom stereocenters. The van der Waals surface area contributed by atoms with Crippen molar-refractivity contribution in [1.29, 1.82) is 0 Å². The third kappa shape index (κ3) is 8.19. The van der Waals surface area contributed by atoms with E-state index in [0.717, 1.165) is 28.7 Å². The summed E-state index contributed by atoms with van der Waals surface area (Å²) in [6.07, 6.45) is 3.50. The Labute approximate surface area is 207 Å². The molecule has 0 radical (unpaired) electrons. The Hall–Kier alpha value is -2.69. The molecule has 1 N–H and O–H groups in total. The first-order valence-corrected chi connectivity index (χ1v) is 14.1. The Bertz CT molecular complexity index is 1210. The van der Waals surface area contributed by atoms with Crippen LogP contribution in [0.2, 0.25) is 0 Å². The van der Waals surface area contributed by atoms with Crippen LogP contribution in [0.15, 0.2) is 54.7 Å². The number of halogens is 1. The SMILES string of the molecule is CCOP(C)(=O)CCc1ccnc(OCc2ccc(-c3cc(O)ccc3F)c(CC(C)(C)C)c2)c1. The van der Waals surface area contributed by atoms with Crippen LogP contribution in [0.1, 0.15) is 44.4 Å². The maximum absolute atomic E-state index is 14.6. The highest BCUT2D eigenvalue weighted by atomic mass is 31.2. The number of benzene rings is 2. The zero-order valence-corrected chi connectivity index (χ0v) is 22.1. The minimum Gasteiger partial charge on any atom is -0.508 e. The predicted octanol–water partition coefficient (Wildman–Crippen LogP) is 7.25. The van der Waals surface area contributed by atoms with Crippen molar-refractivity contribution in [3.63, 3.8) is 0 Å². The van der Waals surface area contributed by atoms with Crippen molar-refractivity contribution < 1.29 is 23.3 Å². The molecule has 35 heavy (non-hydrogen) atoms. The summed E-state index contributed by atoms with van der Waals surface area (Å²) in [6.45, 7) is 10.7. The number of phenolic OH excluding ortho intramolecular Hbond substituents is 1. The Balaban J connectivity index is 1.78. The van der Waals surface area contributed by atoms with Gasteiger partial charge in [0.15, 0.2) is 0 Å². The van der Waals surface area contributed by atoms with Crippen LogP contribution < -0.4 is 4.74 Å². The lowest BCUT2D eigenvalue weighted by Crippen LogP contribution is -2.11. The fourth-order valence-electron chi connectivity index (χ4n) is 3.95. The summed E-state index contributed by atoms with van der Waals surface area (Å²) in [7, 11) is -2.60. The molecule has 0 fully saturated rings. The highest BCUT2D eigenvalue weighted by Gasteiger charge is 2.18. The van der Waals surface area contributed by atoms with E-state index in [9.17, 15) is 14.1 Å². The van der Waals surface area contributed by atoms with Crippen molar-refractivity contribution >= 4 is 7.37 Å². The molecule has 3 rings (SSSR count). The van der Waals surface area contributed by atoms with Gasteiger partial charge in [-0.05, 0) is 71.7 Å². The molecule has 2 aromatic carbocycles. The maximum atomic E-state index is 14.6. The van der Waals surface area contributed by atoms with Gasteiger partial charge in [-0.25, -0.2) is 9.37 Å². The minimum absolute atomic E-state index is 0.0162. The topological polar surface area (TPSA) is 68.7 Å². The molecule has 0 aliphatic heterocycles. The average Bonchev–Trinajstić information content (AvgIpc) is 2.78. The van der Waals surface area contributed by atoms with Gasteiger partial charge in [0.2, 0.25) is 13.2 Å². The highest BCUT2D eigenvalue weighted by molar-refractivity contribution is 7.58. The first kappa shape index (κ1) is 26.9. The molecule has 5 nitrogen and oxygen atoms in total. The third-order valence-corrected chi connectivity index (χ3v) is 7.37. The molecule has 0 bridgehead atoms. The van der Waals surface area contributed by atoms with Crippen molar-refractivity contribution in [3.05, 3.63) is 77.2 Å². The number of phenols is 1. The Kier molecular flexibility index (Phi) is 8.74. The van der Waals surface area contributed by atoms with Gasteiger partial charge < -0.3 is 14.4 Å². The van der Waals surface area contributed by atoms with Gasteiger partial charge in [0.05, 0.1) is 6.61 Å². The number of pyridine rings is 1. The molecular weight excluding hydrogens is 464 g/mol. The van der Waals surface area contributed by atoms with Crippen LogP contribution >= 0.6 is 7.37 Å². The largest absolute Gasteiger partial charge is 0.508 e. The average molecular weight is 500 g/mol. The van der Waals surface area contributed by atoms with E-state index >= 15 is 0 Å². The molecule has 7 heteroatoms. The van der Waals surface area contributed by atoms with Crippen LogP contribution in [0.4, 0.5) is 4.39 Å². The van der Waals surface area contributed by atoms with Crippen molar-refractivity contribution in [2.45, 2.75) is 47.1 Å². The van der Waals surface area contributed by atoms with E-state index in [1.54, 1.807) is 12.9 Å². The van der Waals surface area contributed by atoms with Gasteiger partial charge in [-0.2, -0.15) is 0 Å². The number of aryl methyl sites for hydroxylation is 1. The second kappa shape index (κ2) is 11.4. The van der Waals surface area contributed by atoms with Gasteiger partial charge in [0.1, 0.15) is 18.2 Å². The standard InChI is InChI=1S/C28H35FNO4P/c1-6-34-35(5,32)14-12-20-11-13-30-27(16-20)33-19-21-7-9-24(22(15-21)18-28(2,3)4)25-17-23(31)8-10-26(25)29/h7-11,13,15-17,31H,6,12,14,18-19H2,1-5H3. The molecule has 1 heterocycles. The van der Waals surface area contributed by atoms with E-state index in [2.05, 4.69) is 25.8 Å². The van der Waals surface area contributed by atoms with Crippen LogP contribution in [-0.2, 0) is 28.5 Å². The normalized spacial score (nSPS) is 13.4. The quantitative estimate of drug-likeness (QED) is 0.298. The molecule has 0 aliphatic rings. The van der Waals surface area contributed by atoms with Gasteiger partial charge in [-0.1, -0.05) is 39.0 Å². The Morgan fingerprint density at radius 2 is 1.80 bits per heavy atom. The summed E-state index contributed by atoms with van der Waals surface area (Å²) >= 11 is 0. The van der Waals surface area contributed by atoms with E-state index in [4.69, 9.17) is 9.26 Å². The van der Waals surface area contributed by atoms with Gasteiger partial charge in [-0.15, -0.1) is 0 Å². The van der Waals surface area contributed by atoms with Crippen molar-refractivity contribution in [2.75, 3.05) is 19.4 Å². The summed E-state index contributed by atoms with van der Waals surface area (Å²) < 4.78 is 38.3. The number of ether oxygens (including phenoxy) is 1. The summed E-state index contributed by atoms with van der Waals surface area (Å²) in [5.74, 6) is 0.149. The molecule has 0 saturated heterocycles. The Morgan fingerprint density at radius 1 is 1.03 bits per heavy atom. The van der Waals surface area contributed by atoms with E-state index in [1.807, 2.05) is 37.3 Å². The van der Waals surface area contributed by atoms with Gasteiger partial charge >= 0.3 is 0 Å². The smallest absolute Gasteiger partial charge is 0.213 e. The lowest BCUT2D eigenvalue weighted by atomic mass is 9.84. The lowest BCUT2D eigenvalue weighted by Gasteiger charge is -2.22. The first-order valence-electron chi connectivity index (χ1n) is 11.9. The lowest BCUT2D eigenvalue weighted by molar-refractivity contribution is 0.293. The van der Waals surface area contributed by atoms with Gasteiger partial charge in [-0.3, -0.25) is 4.57 Å². The van der Waals surface area contributed by atoms with E-state index in [0.29, 0.717) is 37.2 Å². The second-order valence-corrected chi connectivity index (χ2v) is 12.8. The number of hydrogen-bond donors (Lipinski definition) is 1. The molecule has 188 valence electrons. The predicted molar refractivity (Wildman–Crippen MR) is 139 cm³/mol. The third-order valence-electron chi connectivity index (χ3n) is 5.53. The second-order valence-electron chi connectivity index (χ2n) is 10.1. The molecule has 1 aromatic heterocycles. The van der Waals surface area contributed by atoms with Crippen molar-refractivity contribution in [1.82, 2.24) is 4.98 Å². The van der Waals surface area contributed by atoms with Crippen LogP contribution in [0, 0.1) is 11.2 Å². The van der Waals surface area contributed by atoms with Crippen LogP contribution in [0.5, 0.6) is 11.6 Å². The first-order chi connectivity index (χ1) is 16.5. The van der Waals surface area contributed by atoms with E-state index in [1.165, 1.54) is 18.2 Å². The zero-order chi connectivity index (χ0) is 25.6. The number of aromatic nitrogens is 1. The molecule has 3 aromatic rings. The molecule has 0 amide bonds. The van der Waals surface area contributed by atoms with Crippen LogP contribution in [-0.4, -0.2) is 29.5 Å². The maximum Gasteiger partial charge on any atom is 0.213 e. The number of aromatic hydroxyl groups is 1. The summed E-state index contributed by atoms with van der Waals surface area (Å²) in [4.78, 5) is 4.30. The van der Waals surface area contributed by atoms with Crippen LogP contribution in [0.3, 0.4) is 0 Å². The number of rotatable bonds is 10.